The zero-order chi connectivity index (χ0) is 9.97. The van der Waals surface area contributed by atoms with E-state index < -0.39 is 0 Å². The topological polar surface area (TPSA) is 0 Å². The highest BCUT2D eigenvalue weighted by molar-refractivity contribution is 8.17. The SMILES string of the molecule is C[C@@H]1C[C@H](C)SC(c2ccccc2)S1. The van der Waals surface area contributed by atoms with E-state index in [4.69, 9.17) is 0 Å². The van der Waals surface area contributed by atoms with Crippen LogP contribution < -0.4 is 0 Å². The summed E-state index contributed by atoms with van der Waals surface area (Å²) in [6.07, 6.45) is 1.35. The average molecular weight is 224 g/mol. The third-order valence-electron chi connectivity index (χ3n) is 2.45. The molecule has 0 bridgehead atoms. The Morgan fingerprint density at radius 2 is 1.57 bits per heavy atom. The number of rotatable bonds is 1. The van der Waals surface area contributed by atoms with Crippen LogP contribution >= 0.6 is 23.5 Å². The lowest BCUT2D eigenvalue weighted by molar-refractivity contribution is 0.791. The second kappa shape index (κ2) is 4.63. The molecule has 0 amide bonds. The highest BCUT2D eigenvalue weighted by Gasteiger charge is 2.25. The monoisotopic (exact) mass is 224 g/mol. The fourth-order valence-corrected chi connectivity index (χ4v) is 5.59. The highest BCUT2D eigenvalue weighted by Crippen LogP contribution is 2.49. The Hall–Kier alpha value is -0.0800. The summed E-state index contributed by atoms with van der Waals surface area (Å²) in [5.74, 6) is 0. The zero-order valence-electron chi connectivity index (χ0n) is 8.64. The van der Waals surface area contributed by atoms with Gasteiger partial charge in [-0.15, -0.1) is 23.5 Å². The van der Waals surface area contributed by atoms with Gasteiger partial charge in [-0.25, -0.2) is 0 Å². The Kier molecular flexibility index (Phi) is 3.45. The Bertz CT molecular complexity index is 274. The first-order valence-electron chi connectivity index (χ1n) is 5.11. The Labute approximate surface area is 94.9 Å². The first kappa shape index (κ1) is 10.4. The molecule has 1 heterocycles. The fraction of sp³-hybridized carbons (Fsp3) is 0.500. The van der Waals surface area contributed by atoms with Crippen LogP contribution in [0.5, 0.6) is 0 Å². The van der Waals surface area contributed by atoms with Crippen LogP contribution in [0.15, 0.2) is 30.3 Å². The van der Waals surface area contributed by atoms with Crippen molar-refractivity contribution in [2.75, 3.05) is 0 Å². The van der Waals surface area contributed by atoms with Crippen molar-refractivity contribution < 1.29 is 0 Å². The van der Waals surface area contributed by atoms with Gasteiger partial charge in [-0.2, -0.15) is 0 Å². The molecule has 1 saturated heterocycles. The molecule has 1 fully saturated rings. The van der Waals surface area contributed by atoms with Crippen LogP contribution in [0.25, 0.3) is 0 Å². The molecule has 0 aliphatic carbocycles. The van der Waals surface area contributed by atoms with E-state index in [9.17, 15) is 0 Å². The maximum absolute atomic E-state index is 2.34. The standard InChI is InChI=1S/C12H16S2/c1-9-8-10(2)14-12(13-9)11-6-4-3-5-7-11/h3-7,9-10,12H,8H2,1-2H3/t9-,10+,12?. The molecule has 0 aromatic heterocycles. The van der Waals surface area contributed by atoms with E-state index in [1.165, 1.54) is 12.0 Å². The van der Waals surface area contributed by atoms with Crippen LogP contribution in [-0.2, 0) is 0 Å². The molecule has 1 aromatic carbocycles. The number of hydrogen-bond donors (Lipinski definition) is 0. The van der Waals surface area contributed by atoms with Crippen molar-refractivity contribution in [1.82, 2.24) is 0 Å². The van der Waals surface area contributed by atoms with Crippen molar-refractivity contribution in [1.29, 1.82) is 0 Å². The molecule has 76 valence electrons. The van der Waals surface area contributed by atoms with Crippen molar-refractivity contribution in [2.45, 2.75) is 35.4 Å². The predicted molar refractivity (Wildman–Crippen MR) is 67.9 cm³/mol. The van der Waals surface area contributed by atoms with Gasteiger partial charge in [0.15, 0.2) is 0 Å². The third kappa shape index (κ3) is 2.48. The quantitative estimate of drug-likeness (QED) is 0.696. The van der Waals surface area contributed by atoms with Crippen molar-refractivity contribution in [3.63, 3.8) is 0 Å². The Morgan fingerprint density at radius 1 is 1.00 bits per heavy atom. The summed E-state index contributed by atoms with van der Waals surface area (Å²) >= 11 is 4.21. The third-order valence-corrected chi connectivity index (χ3v) is 5.47. The minimum absolute atomic E-state index is 0.648. The van der Waals surface area contributed by atoms with Gasteiger partial charge < -0.3 is 0 Å². The van der Waals surface area contributed by atoms with Gasteiger partial charge >= 0.3 is 0 Å². The summed E-state index contributed by atoms with van der Waals surface area (Å²) in [7, 11) is 0. The molecule has 2 rings (SSSR count). The van der Waals surface area contributed by atoms with Crippen molar-refractivity contribution in [3.8, 4) is 0 Å². The van der Waals surface area contributed by atoms with Gasteiger partial charge in [-0.1, -0.05) is 44.2 Å². The summed E-state index contributed by atoms with van der Waals surface area (Å²) in [5.41, 5.74) is 1.47. The molecule has 0 spiro atoms. The molecule has 14 heavy (non-hydrogen) atoms. The summed E-state index contributed by atoms with van der Waals surface area (Å²) in [6.45, 7) is 4.69. The van der Waals surface area contributed by atoms with Crippen LogP contribution in [0, 0.1) is 0 Å². The van der Waals surface area contributed by atoms with Gasteiger partial charge in [0.2, 0.25) is 0 Å². The summed E-state index contributed by atoms with van der Waals surface area (Å²) in [5, 5.41) is 1.60. The van der Waals surface area contributed by atoms with E-state index >= 15 is 0 Å². The normalized spacial score (nSPS) is 32.9. The van der Waals surface area contributed by atoms with Gasteiger partial charge in [-0.3, -0.25) is 0 Å². The van der Waals surface area contributed by atoms with E-state index in [0.717, 1.165) is 10.5 Å². The van der Waals surface area contributed by atoms with Crippen LogP contribution in [0.2, 0.25) is 0 Å². The maximum atomic E-state index is 2.34. The molecule has 0 N–H and O–H groups in total. The molecular weight excluding hydrogens is 208 g/mol. The molecule has 1 aromatic rings. The van der Waals surface area contributed by atoms with Gasteiger partial charge in [-0.05, 0) is 12.0 Å². The minimum atomic E-state index is 0.648. The van der Waals surface area contributed by atoms with Crippen LogP contribution in [0.4, 0.5) is 0 Å². The molecule has 3 atom stereocenters. The first-order chi connectivity index (χ1) is 6.75. The van der Waals surface area contributed by atoms with E-state index in [2.05, 4.69) is 67.7 Å². The lowest BCUT2D eigenvalue weighted by Crippen LogP contribution is -2.15. The van der Waals surface area contributed by atoms with Gasteiger partial charge in [0, 0.05) is 10.5 Å². The summed E-state index contributed by atoms with van der Waals surface area (Å²) in [6, 6.07) is 10.9. The Morgan fingerprint density at radius 3 is 2.14 bits per heavy atom. The molecule has 2 heteroatoms. The fourth-order valence-electron chi connectivity index (χ4n) is 1.80. The summed E-state index contributed by atoms with van der Waals surface area (Å²) < 4.78 is 0.648. The average Bonchev–Trinajstić information content (AvgIpc) is 2.18. The molecule has 0 nitrogen and oxygen atoms in total. The van der Waals surface area contributed by atoms with E-state index in [1.54, 1.807) is 0 Å². The van der Waals surface area contributed by atoms with Gasteiger partial charge in [0.05, 0.1) is 4.58 Å². The molecule has 1 unspecified atom stereocenters. The van der Waals surface area contributed by atoms with Crippen LogP contribution in [0.1, 0.15) is 30.4 Å². The molecule has 1 aliphatic heterocycles. The molecule has 0 radical (unpaired) electrons. The largest absolute Gasteiger partial charge is 0.140 e. The molecular formula is C12H16S2. The van der Waals surface area contributed by atoms with Crippen LogP contribution in [-0.4, -0.2) is 10.5 Å². The second-order valence-corrected chi connectivity index (χ2v) is 7.27. The minimum Gasteiger partial charge on any atom is -0.140 e. The Balaban J connectivity index is 2.11. The smallest absolute Gasteiger partial charge is 0.0756 e. The maximum Gasteiger partial charge on any atom is 0.0756 e. The predicted octanol–water partition coefficient (Wildman–Crippen LogP) is 4.33. The van der Waals surface area contributed by atoms with Gasteiger partial charge in [0.25, 0.3) is 0 Å². The van der Waals surface area contributed by atoms with Gasteiger partial charge in [0.1, 0.15) is 0 Å². The number of benzene rings is 1. The van der Waals surface area contributed by atoms with E-state index in [-0.39, 0.29) is 0 Å². The number of thioether (sulfide) groups is 2. The lowest BCUT2D eigenvalue weighted by Gasteiger charge is -2.30. The molecule has 1 aliphatic rings. The van der Waals surface area contributed by atoms with Crippen molar-refractivity contribution >= 4 is 23.5 Å². The van der Waals surface area contributed by atoms with Crippen molar-refractivity contribution in [2.24, 2.45) is 0 Å². The van der Waals surface area contributed by atoms with E-state index in [0.29, 0.717) is 4.58 Å². The zero-order valence-corrected chi connectivity index (χ0v) is 10.3. The van der Waals surface area contributed by atoms with E-state index in [1.807, 2.05) is 0 Å². The van der Waals surface area contributed by atoms with Crippen molar-refractivity contribution in [3.05, 3.63) is 35.9 Å². The second-order valence-electron chi connectivity index (χ2n) is 3.87. The van der Waals surface area contributed by atoms with Crippen LogP contribution in [0.3, 0.4) is 0 Å². The highest BCUT2D eigenvalue weighted by atomic mass is 32.2. The lowest BCUT2D eigenvalue weighted by atomic mass is 10.2. The number of hydrogen-bond acceptors (Lipinski definition) is 2. The first-order valence-corrected chi connectivity index (χ1v) is 7.00. The molecule has 0 saturated carbocycles. The summed E-state index contributed by atoms with van der Waals surface area (Å²) in [4.78, 5) is 0.